The summed E-state index contributed by atoms with van der Waals surface area (Å²) in [6, 6.07) is 12.8. The highest BCUT2D eigenvalue weighted by atomic mass is 32.2. The summed E-state index contributed by atoms with van der Waals surface area (Å²) in [6.07, 6.45) is -3.63. The third-order valence-electron chi connectivity index (χ3n) is 5.60. The van der Waals surface area contributed by atoms with Crippen molar-refractivity contribution in [3.05, 3.63) is 54.4 Å². The van der Waals surface area contributed by atoms with Crippen molar-refractivity contribution in [2.75, 3.05) is 20.2 Å². The summed E-state index contributed by atoms with van der Waals surface area (Å²) in [7, 11) is -2.23. The second-order valence-corrected chi connectivity index (χ2v) is 9.50. The van der Waals surface area contributed by atoms with Crippen LogP contribution in [0.25, 0.3) is 11.0 Å². The van der Waals surface area contributed by atoms with Crippen LogP contribution in [-0.2, 0) is 22.7 Å². The summed E-state index contributed by atoms with van der Waals surface area (Å²) < 4.78 is 74.2. The molecular formula is C21H22F3N3O3S. The van der Waals surface area contributed by atoms with Crippen LogP contribution in [-0.4, -0.2) is 42.5 Å². The normalized spacial score (nSPS) is 16.6. The summed E-state index contributed by atoms with van der Waals surface area (Å²) in [5.41, 5.74) is 0.731. The summed E-state index contributed by atoms with van der Waals surface area (Å²) in [5, 5.41) is 0. The number of halogens is 3. The Hall–Kier alpha value is -2.59. The lowest BCUT2D eigenvalue weighted by molar-refractivity contribution is -0.147. The molecule has 1 saturated heterocycles. The smallest absolute Gasteiger partial charge is 0.449 e. The molecule has 1 fully saturated rings. The molecular weight excluding hydrogens is 431 g/mol. The number of para-hydroxylation sites is 2. The van der Waals surface area contributed by atoms with E-state index in [1.165, 1.54) is 28.1 Å². The molecule has 31 heavy (non-hydrogen) atoms. The first-order valence-electron chi connectivity index (χ1n) is 9.87. The standard InChI is InChI=1S/C21H22F3N3O3S/c1-30-16-5-4-6-17(13-16)31(28,29)26-11-9-15(10-12-26)14-27-19-8-3-2-7-18(19)25-20(27)21(22,23)24/h2-8,13,15H,9-12,14H2,1H3. The number of imidazole rings is 1. The van der Waals surface area contributed by atoms with E-state index >= 15 is 0 Å². The molecule has 2 aromatic carbocycles. The molecule has 3 aromatic rings. The molecule has 6 nitrogen and oxygen atoms in total. The molecule has 0 saturated carbocycles. The fourth-order valence-electron chi connectivity index (χ4n) is 3.98. The van der Waals surface area contributed by atoms with Crippen molar-refractivity contribution in [2.24, 2.45) is 5.92 Å². The molecule has 166 valence electrons. The molecule has 1 aliphatic rings. The third-order valence-corrected chi connectivity index (χ3v) is 7.50. The van der Waals surface area contributed by atoms with E-state index in [9.17, 15) is 21.6 Å². The number of hydrogen-bond acceptors (Lipinski definition) is 4. The maximum Gasteiger partial charge on any atom is 0.449 e. The molecule has 0 atom stereocenters. The average molecular weight is 453 g/mol. The van der Waals surface area contributed by atoms with Gasteiger partial charge in [-0.25, -0.2) is 13.4 Å². The molecule has 0 amide bonds. The van der Waals surface area contributed by atoms with Crippen LogP contribution in [0.3, 0.4) is 0 Å². The quantitative estimate of drug-likeness (QED) is 0.582. The number of benzene rings is 2. The molecule has 0 bridgehead atoms. The van der Waals surface area contributed by atoms with Gasteiger partial charge in [-0.2, -0.15) is 17.5 Å². The highest BCUT2D eigenvalue weighted by Gasteiger charge is 2.38. The number of rotatable bonds is 5. The Kier molecular flexibility index (Phi) is 5.69. The first kappa shape index (κ1) is 21.6. The first-order chi connectivity index (χ1) is 14.7. The van der Waals surface area contributed by atoms with Gasteiger partial charge in [0.2, 0.25) is 15.8 Å². The van der Waals surface area contributed by atoms with E-state index in [0.717, 1.165) is 0 Å². The summed E-state index contributed by atoms with van der Waals surface area (Å²) in [4.78, 5) is 3.92. The van der Waals surface area contributed by atoms with Crippen molar-refractivity contribution in [3.8, 4) is 5.75 Å². The molecule has 1 aliphatic heterocycles. The van der Waals surface area contributed by atoms with Crippen molar-refractivity contribution in [1.82, 2.24) is 13.9 Å². The molecule has 0 unspecified atom stereocenters. The molecule has 10 heteroatoms. The lowest BCUT2D eigenvalue weighted by Crippen LogP contribution is -2.39. The third kappa shape index (κ3) is 4.27. The van der Waals surface area contributed by atoms with E-state index in [1.54, 1.807) is 36.4 Å². The predicted octanol–water partition coefficient (Wildman–Crippen LogP) is 4.16. The van der Waals surface area contributed by atoms with Gasteiger partial charge in [0.25, 0.3) is 0 Å². The number of hydrogen-bond donors (Lipinski definition) is 0. The Bertz CT molecular complexity index is 1180. The molecule has 2 heterocycles. The van der Waals surface area contributed by atoms with Gasteiger partial charge in [0, 0.05) is 25.7 Å². The van der Waals surface area contributed by atoms with Crippen LogP contribution >= 0.6 is 0 Å². The van der Waals surface area contributed by atoms with Crippen molar-refractivity contribution in [1.29, 1.82) is 0 Å². The van der Waals surface area contributed by atoms with E-state index < -0.39 is 22.0 Å². The minimum Gasteiger partial charge on any atom is -0.497 e. The van der Waals surface area contributed by atoms with E-state index in [0.29, 0.717) is 29.6 Å². The van der Waals surface area contributed by atoms with Crippen molar-refractivity contribution in [3.63, 3.8) is 0 Å². The number of alkyl halides is 3. The number of sulfonamides is 1. The van der Waals surface area contributed by atoms with Gasteiger partial charge in [-0.15, -0.1) is 0 Å². The SMILES string of the molecule is COc1cccc(S(=O)(=O)N2CCC(Cn3c(C(F)(F)F)nc4ccccc43)CC2)c1. The van der Waals surface area contributed by atoms with E-state index in [2.05, 4.69) is 4.98 Å². The second kappa shape index (κ2) is 8.16. The number of ether oxygens (including phenoxy) is 1. The maximum absolute atomic E-state index is 13.5. The Morgan fingerprint density at radius 3 is 2.48 bits per heavy atom. The van der Waals surface area contributed by atoms with Gasteiger partial charge in [-0.05, 0) is 43.0 Å². The number of fused-ring (bicyclic) bond motifs is 1. The highest BCUT2D eigenvalue weighted by Crippen LogP contribution is 2.34. The van der Waals surface area contributed by atoms with Crippen LogP contribution in [0.2, 0.25) is 0 Å². The lowest BCUT2D eigenvalue weighted by atomic mass is 9.98. The minimum absolute atomic E-state index is 0.0875. The number of nitrogens with zero attached hydrogens (tertiary/aromatic N) is 3. The first-order valence-corrected chi connectivity index (χ1v) is 11.3. The number of aromatic nitrogens is 2. The second-order valence-electron chi connectivity index (χ2n) is 7.56. The van der Waals surface area contributed by atoms with Crippen LogP contribution in [0.5, 0.6) is 5.75 Å². The molecule has 0 aliphatic carbocycles. The Morgan fingerprint density at radius 1 is 1.10 bits per heavy atom. The van der Waals surface area contributed by atoms with Gasteiger partial charge in [-0.3, -0.25) is 0 Å². The zero-order valence-electron chi connectivity index (χ0n) is 16.8. The van der Waals surface area contributed by atoms with Gasteiger partial charge in [-0.1, -0.05) is 18.2 Å². The monoisotopic (exact) mass is 453 g/mol. The van der Waals surface area contributed by atoms with Crippen molar-refractivity contribution >= 4 is 21.1 Å². The van der Waals surface area contributed by atoms with Gasteiger partial charge in [0.1, 0.15) is 5.75 Å². The van der Waals surface area contributed by atoms with Crippen molar-refractivity contribution < 1.29 is 26.3 Å². The fraction of sp³-hybridized carbons (Fsp3) is 0.381. The van der Waals surface area contributed by atoms with Crippen LogP contribution in [0.1, 0.15) is 18.7 Å². The van der Waals surface area contributed by atoms with Crippen LogP contribution in [0, 0.1) is 5.92 Å². The van der Waals surface area contributed by atoms with E-state index in [1.807, 2.05) is 0 Å². The maximum atomic E-state index is 13.5. The summed E-state index contributed by atoms with van der Waals surface area (Å²) in [6.45, 7) is 0.638. The van der Waals surface area contributed by atoms with Crippen LogP contribution in [0.4, 0.5) is 13.2 Å². The van der Waals surface area contributed by atoms with Gasteiger partial charge < -0.3 is 9.30 Å². The zero-order chi connectivity index (χ0) is 22.2. The van der Waals surface area contributed by atoms with E-state index in [4.69, 9.17) is 4.74 Å². The Balaban J connectivity index is 1.51. The van der Waals surface area contributed by atoms with Crippen LogP contribution in [0.15, 0.2) is 53.4 Å². The summed E-state index contributed by atoms with van der Waals surface area (Å²) in [5.74, 6) is -0.557. The van der Waals surface area contributed by atoms with Gasteiger partial charge in [0.15, 0.2) is 0 Å². The molecule has 4 rings (SSSR count). The van der Waals surface area contributed by atoms with E-state index in [-0.39, 0.29) is 30.4 Å². The minimum atomic E-state index is -4.56. The molecule has 1 aromatic heterocycles. The van der Waals surface area contributed by atoms with Gasteiger partial charge >= 0.3 is 6.18 Å². The largest absolute Gasteiger partial charge is 0.497 e. The number of methoxy groups -OCH3 is 1. The average Bonchev–Trinajstić information content (AvgIpc) is 3.13. The zero-order valence-corrected chi connectivity index (χ0v) is 17.7. The highest BCUT2D eigenvalue weighted by molar-refractivity contribution is 7.89. The molecule has 0 N–H and O–H groups in total. The molecule has 0 radical (unpaired) electrons. The molecule has 0 spiro atoms. The summed E-state index contributed by atoms with van der Waals surface area (Å²) >= 11 is 0. The predicted molar refractivity (Wildman–Crippen MR) is 109 cm³/mol. The Morgan fingerprint density at radius 2 is 1.81 bits per heavy atom. The topological polar surface area (TPSA) is 64.4 Å². The Labute approximate surface area is 178 Å². The number of piperidine rings is 1. The van der Waals surface area contributed by atoms with Crippen molar-refractivity contribution in [2.45, 2.75) is 30.5 Å². The fourth-order valence-corrected chi connectivity index (χ4v) is 5.48. The van der Waals surface area contributed by atoms with Crippen LogP contribution < -0.4 is 4.74 Å². The lowest BCUT2D eigenvalue weighted by Gasteiger charge is -2.31. The van der Waals surface area contributed by atoms with Gasteiger partial charge in [0.05, 0.1) is 23.0 Å².